The molecule has 0 radical (unpaired) electrons. The molecule has 0 saturated carbocycles. The standard InChI is InChI=1S/C13H9BrClNO3/c14-9-5-4-7(6-10(9)15)16-13(19)8-2-1-3-11(17)12(8)18/h1-6,17-18H,(H,16,19). The molecular weight excluding hydrogens is 334 g/mol. The van der Waals surface area contributed by atoms with Crippen molar-refractivity contribution >= 4 is 39.1 Å². The van der Waals surface area contributed by atoms with Gasteiger partial charge in [0.15, 0.2) is 11.5 Å². The molecule has 0 heterocycles. The van der Waals surface area contributed by atoms with Gasteiger partial charge in [-0.25, -0.2) is 0 Å². The highest BCUT2D eigenvalue weighted by Crippen LogP contribution is 2.30. The molecule has 98 valence electrons. The Morgan fingerprint density at radius 2 is 1.95 bits per heavy atom. The van der Waals surface area contributed by atoms with Gasteiger partial charge >= 0.3 is 0 Å². The Balaban J connectivity index is 2.26. The van der Waals surface area contributed by atoms with Crippen LogP contribution in [0, 0.1) is 0 Å². The summed E-state index contributed by atoms with van der Waals surface area (Å²) in [5, 5.41) is 22.0. The molecule has 19 heavy (non-hydrogen) atoms. The van der Waals surface area contributed by atoms with E-state index in [4.69, 9.17) is 11.6 Å². The average molecular weight is 343 g/mol. The second-order valence-electron chi connectivity index (χ2n) is 3.76. The van der Waals surface area contributed by atoms with Crippen LogP contribution >= 0.6 is 27.5 Å². The normalized spacial score (nSPS) is 10.2. The lowest BCUT2D eigenvalue weighted by atomic mass is 10.1. The number of carbonyl (C=O) groups is 1. The van der Waals surface area contributed by atoms with Crippen molar-refractivity contribution in [2.45, 2.75) is 0 Å². The third kappa shape index (κ3) is 3.00. The predicted octanol–water partition coefficient (Wildman–Crippen LogP) is 3.77. The summed E-state index contributed by atoms with van der Waals surface area (Å²) in [4.78, 5) is 11.9. The molecule has 0 aliphatic heterocycles. The first-order valence-electron chi connectivity index (χ1n) is 5.26. The van der Waals surface area contributed by atoms with Crippen LogP contribution in [0.15, 0.2) is 40.9 Å². The van der Waals surface area contributed by atoms with Gasteiger partial charge in [0.1, 0.15) is 0 Å². The number of rotatable bonds is 2. The van der Waals surface area contributed by atoms with E-state index in [9.17, 15) is 15.0 Å². The van der Waals surface area contributed by atoms with Crippen molar-refractivity contribution in [2.75, 3.05) is 5.32 Å². The molecule has 2 aromatic carbocycles. The number of anilines is 1. The van der Waals surface area contributed by atoms with Crippen LogP contribution in [-0.4, -0.2) is 16.1 Å². The van der Waals surface area contributed by atoms with Gasteiger partial charge in [-0.3, -0.25) is 4.79 Å². The molecule has 0 aliphatic rings. The van der Waals surface area contributed by atoms with Crippen LogP contribution in [0.25, 0.3) is 0 Å². The molecule has 2 aromatic rings. The molecule has 0 bridgehead atoms. The number of aromatic hydroxyl groups is 2. The summed E-state index contributed by atoms with van der Waals surface area (Å²) in [6, 6.07) is 9.10. The Morgan fingerprint density at radius 1 is 1.21 bits per heavy atom. The molecule has 0 unspecified atom stereocenters. The molecule has 4 nitrogen and oxygen atoms in total. The minimum Gasteiger partial charge on any atom is -0.504 e. The molecule has 6 heteroatoms. The second-order valence-corrected chi connectivity index (χ2v) is 5.02. The number of para-hydroxylation sites is 1. The van der Waals surface area contributed by atoms with E-state index < -0.39 is 11.7 Å². The van der Waals surface area contributed by atoms with E-state index in [2.05, 4.69) is 21.2 Å². The van der Waals surface area contributed by atoms with Crippen LogP contribution in [0.5, 0.6) is 11.5 Å². The number of amides is 1. The molecule has 1 amide bonds. The van der Waals surface area contributed by atoms with E-state index in [1.807, 2.05) is 0 Å². The van der Waals surface area contributed by atoms with Crippen LogP contribution in [0.4, 0.5) is 5.69 Å². The zero-order valence-electron chi connectivity index (χ0n) is 9.52. The van der Waals surface area contributed by atoms with Crippen molar-refractivity contribution < 1.29 is 15.0 Å². The number of phenols is 2. The summed E-state index contributed by atoms with van der Waals surface area (Å²) >= 11 is 9.16. The first-order valence-corrected chi connectivity index (χ1v) is 6.43. The lowest BCUT2D eigenvalue weighted by Gasteiger charge is -2.08. The Labute approximate surface area is 122 Å². The Hall–Kier alpha value is -1.72. The number of carbonyl (C=O) groups excluding carboxylic acids is 1. The number of phenolic OH excluding ortho intramolecular Hbond substituents is 2. The van der Waals surface area contributed by atoms with Crippen molar-refractivity contribution in [3.05, 3.63) is 51.5 Å². The molecule has 0 fully saturated rings. The first kappa shape index (κ1) is 13.7. The second kappa shape index (κ2) is 5.50. The summed E-state index contributed by atoms with van der Waals surface area (Å²) in [7, 11) is 0. The maximum Gasteiger partial charge on any atom is 0.259 e. The minimum atomic E-state index is -0.535. The van der Waals surface area contributed by atoms with Crippen molar-refractivity contribution in [3.8, 4) is 11.5 Å². The highest BCUT2D eigenvalue weighted by Gasteiger charge is 2.14. The molecule has 0 spiro atoms. The fourth-order valence-corrected chi connectivity index (χ4v) is 1.91. The van der Waals surface area contributed by atoms with Gasteiger partial charge in [0.25, 0.3) is 5.91 Å². The van der Waals surface area contributed by atoms with Gasteiger partial charge in [-0.15, -0.1) is 0 Å². The van der Waals surface area contributed by atoms with Gasteiger partial charge in [-0.1, -0.05) is 17.7 Å². The van der Waals surface area contributed by atoms with Gasteiger partial charge in [0.05, 0.1) is 10.6 Å². The molecule has 0 atom stereocenters. The van der Waals surface area contributed by atoms with E-state index in [1.165, 1.54) is 18.2 Å². The highest BCUT2D eigenvalue weighted by atomic mass is 79.9. The van der Waals surface area contributed by atoms with Crippen molar-refractivity contribution in [3.63, 3.8) is 0 Å². The zero-order chi connectivity index (χ0) is 14.0. The highest BCUT2D eigenvalue weighted by molar-refractivity contribution is 9.10. The summed E-state index contributed by atoms with van der Waals surface area (Å²) in [6.45, 7) is 0. The number of hydrogen-bond donors (Lipinski definition) is 3. The molecule has 3 N–H and O–H groups in total. The lowest BCUT2D eigenvalue weighted by Crippen LogP contribution is -2.12. The summed E-state index contributed by atoms with van der Waals surface area (Å²) < 4.78 is 0.715. The third-order valence-corrected chi connectivity index (χ3v) is 3.67. The van der Waals surface area contributed by atoms with Crippen molar-refractivity contribution in [1.29, 1.82) is 0 Å². The van der Waals surface area contributed by atoms with Gasteiger partial charge in [0, 0.05) is 10.2 Å². The lowest BCUT2D eigenvalue weighted by molar-refractivity contribution is 0.102. The van der Waals surface area contributed by atoms with Crippen LogP contribution < -0.4 is 5.32 Å². The van der Waals surface area contributed by atoms with Gasteiger partial charge < -0.3 is 15.5 Å². The number of hydrogen-bond acceptors (Lipinski definition) is 3. The molecule has 0 aromatic heterocycles. The fraction of sp³-hybridized carbons (Fsp3) is 0. The van der Waals surface area contributed by atoms with Crippen LogP contribution in [0.1, 0.15) is 10.4 Å². The Bertz CT molecular complexity index is 646. The average Bonchev–Trinajstić information content (AvgIpc) is 2.37. The minimum absolute atomic E-state index is 0.0148. The molecule has 0 aliphatic carbocycles. The third-order valence-electron chi connectivity index (χ3n) is 2.44. The monoisotopic (exact) mass is 341 g/mol. The number of benzene rings is 2. The maximum absolute atomic E-state index is 11.9. The fourth-order valence-electron chi connectivity index (χ4n) is 1.49. The quantitative estimate of drug-likeness (QED) is 0.728. The Kier molecular flexibility index (Phi) is 3.97. The largest absolute Gasteiger partial charge is 0.504 e. The van der Waals surface area contributed by atoms with Crippen LogP contribution in [0.2, 0.25) is 5.02 Å². The van der Waals surface area contributed by atoms with E-state index >= 15 is 0 Å². The van der Waals surface area contributed by atoms with E-state index in [0.717, 1.165) is 0 Å². The van der Waals surface area contributed by atoms with Crippen molar-refractivity contribution in [1.82, 2.24) is 0 Å². The predicted molar refractivity (Wildman–Crippen MR) is 76.9 cm³/mol. The van der Waals surface area contributed by atoms with Crippen molar-refractivity contribution in [2.24, 2.45) is 0 Å². The summed E-state index contributed by atoms with van der Waals surface area (Å²) in [6.07, 6.45) is 0. The van der Waals surface area contributed by atoms with Gasteiger partial charge in [-0.05, 0) is 46.3 Å². The topological polar surface area (TPSA) is 69.6 Å². The van der Waals surface area contributed by atoms with E-state index in [0.29, 0.717) is 15.2 Å². The molecule has 2 rings (SSSR count). The summed E-state index contributed by atoms with van der Waals surface area (Å²) in [5.41, 5.74) is 0.472. The van der Waals surface area contributed by atoms with E-state index in [1.54, 1.807) is 18.2 Å². The smallest absolute Gasteiger partial charge is 0.259 e. The van der Waals surface area contributed by atoms with E-state index in [-0.39, 0.29) is 11.3 Å². The maximum atomic E-state index is 11.9. The van der Waals surface area contributed by atoms with Gasteiger partial charge in [0.2, 0.25) is 0 Å². The SMILES string of the molecule is O=C(Nc1ccc(Br)c(Cl)c1)c1cccc(O)c1O. The Morgan fingerprint density at radius 3 is 2.63 bits per heavy atom. The number of halogens is 2. The molecular formula is C13H9BrClNO3. The molecule has 0 saturated heterocycles. The number of nitrogens with one attached hydrogen (secondary N) is 1. The van der Waals surface area contributed by atoms with Gasteiger partial charge in [-0.2, -0.15) is 0 Å². The first-order chi connectivity index (χ1) is 8.99. The van der Waals surface area contributed by atoms with Crippen LogP contribution in [0.3, 0.4) is 0 Å². The van der Waals surface area contributed by atoms with Crippen LogP contribution in [-0.2, 0) is 0 Å². The zero-order valence-corrected chi connectivity index (χ0v) is 11.9. The summed E-state index contributed by atoms with van der Waals surface area (Å²) in [5.74, 6) is -1.34.